The molecule has 4 N–H and O–H groups in total. The van der Waals surface area contributed by atoms with Gasteiger partial charge in [-0.25, -0.2) is 9.97 Å². The van der Waals surface area contributed by atoms with Crippen LogP contribution >= 0.6 is 0 Å². The first-order chi connectivity index (χ1) is 16.2. The Morgan fingerprint density at radius 1 is 0.727 bits per heavy atom. The summed E-state index contributed by atoms with van der Waals surface area (Å²) in [6, 6.07) is 10.4. The van der Waals surface area contributed by atoms with Crippen LogP contribution in [-0.2, 0) is 0 Å². The van der Waals surface area contributed by atoms with Crippen molar-refractivity contribution in [1.82, 2.24) is 9.97 Å². The second-order valence-electron chi connectivity index (χ2n) is 9.28. The molecule has 0 bridgehead atoms. The van der Waals surface area contributed by atoms with Gasteiger partial charge in [-0.15, -0.1) is 0 Å². The highest BCUT2D eigenvalue weighted by Gasteiger charge is 2.11. The lowest BCUT2D eigenvalue weighted by Gasteiger charge is -2.17. The van der Waals surface area contributed by atoms with Crippen LogP contribution in [0, 0.1) is 0 Å². The van der Waals surface area contributed by atoms with E-state index in [1.165, 1.54) is 89.0 Å². The number of unbranched alkanes of at least 4 members (excludes halogenated alkanes) is 13. The summed E-state index contributed by atoms with van der Waals surface area (Å²) in [5.41, 5.74) is 8.11. The molecule has 1 heterocycles. The van der Waals surface area contributed by atoms with Gasteiger partial charge in [0.05, 0.1) is 6.04 Å². The topological polar surface area (TPSA) is 75.9 Å². The molecule has 1 unspecified atom stereocenters. The third-order valence-corrected chi connectivity index (χ3v) is 6.36. The van der Waals surface area contributed by atoms with E-state index in [1.807, 2.05) is 18.2 Å². The minimum absolute atomic E-state index is 0.127. The smallest absolute Gasteiger partial charge is 0.155 e. The van der Waals surface area contributed by atoms with Gasteiger partial charge in [0, 0.05) is 6.54 Å². The molecule has 2 aromatic rings. The maximum Gasteiger partial charge on any atom is 0.155 e. The van der Waals surface area contributed by atoms with Crippen LogP contribution in [0.4, 0.5) is 17.3 Å². The second-order valence-corrected chi connectivity index (χ2v) is 9.28. The van der Waals surface area contributed by atoms with E-state index in [9.17, 15) is 0 Å². The van der Waals surface area contributed by atoms with Crippen molar-refractivity contribution in [2.75, 3.05) is 22.9 Å². The van der Waals surface area contributed by atoms with Crippen molar-refractivity contribution in [1.29, 1.82) is 0 Å². The maximum absolute atomic E-state index is 6.32. The molecule has 0 aliphatic carbocycles. The first-order valence-corrected chi connectivity index (χ1v) is 13.4. The van der Waals surface area contributed by atoms with Crippen LogP contribution < -0.4 is 16.4 Å². The van der Waals surface area contributed by atoms with Crippen molar-refractivity contribution < 1.29 is 0 Å². The van der Waals surface area contributed by atoms with Gasteiger partial charge in [-0.2, -0.15) is 0 Å². The first-order valence-electron chi connectivity index (χ1n) is 13.4. The van der Waals surface area contributed by atoms with Gasteiger partial charge >= 0.3 is 0 Å². The molecule has 2 rings (SSSR count). The van der Waals surface area contributed by atoms with Crippen molar-refractivity contribution in [3.05, 3.63) is 42.2 Å². The number of nitrogen functional groups attached to an aromatic ring is 1. The van der Waals surface area contributed by atoms with E-state index in [0.717, 1.165) is 18.8 Å². The zero-order valence-electron chi connectivity index (χ0n) is 21.1. The Bertz CT molecular complexity index is 734. The Kier molecular flexibility index (Phi) is 14.1. The van der Waals surface area contributed by atoms with Gasteiger partial charge in [0.25, 0.3) is 0 Å². The minimum Gasteiger partial charge on any atom is -0.393 e. The molecule has 0 saturated heterocycles. The number of hydrogen-bond acceptors (Lipinski definition) is 5. The lowest BCUT2D eigenvalue weighted by atomic mass is 10.0. The Hall–Kier alpha value is -2.30. The molecule has 33 heavy (non-hydrogen) atoms. The number of rotatable bonds is 19. The summed E-state index contributed by atoms with van der Waals surface area (Å²) in [6.45, 7) is 5.29. The highest BCUT2D eigenvalue weighted by atomic mass is 15.1. The van der Waals surface area contributed by atoms with E-state index in [0.29, 0.717) is 11.5 Å². The lowest BCUT2D eigenvalue weighted by molar-refractivity contribution is 0.537. The average Bonchev–Trinajstić information content (AvgIpc) is 2.84. The summed E-state index contributed by atoms with van der Waals surface area (Å²) in [5.74, 6) is 1.41. The summed E-state index contributed by atoms with van der Waals surface area (Å²) in [4.78, 5) is 8.67. The van der Waals surface area contributed by atoms with Gasteiger partial charge in [0.15, 0.2) is 11.6 Å². The fourth-order valence-electron chi connectivity index (χ4n) is 4.21. The third kappa shape index (κ3) is 11.4. The number of nitrogens with one attached hydrogen (secondary N) is 2. The lowest BCUT2D eigenvalue weighted by Crippen LogP contribution is -2.13. The molecule has 1 aromatic carbocycles. The number of benzene rings is 1. The largest absolute Gasteiger partial charge is 0.393 e. The molecule has 5 nitrogen and oxygen atoms in total. The van der Waals surface area contributed by atoms with E-state index >= 15 is 0 Å². The molecule has 0 aliphatic heterocycles. The predicted molar refractivity (Wildman–Crippen MR) is 144 cm³/mol. The quantitative estimate of drug-likeness (QED) is 0.187. The third-order valence-electron chi connectivity index (χ3n) is 6.36. The fraction of sp³-hybridized carbons (Fsp3) is 0.643. The van der Waals surface area contributed by atoms with Crippen molar-refractivity contribution in [3.63, 3.8) is 0 Å². The van der Waals surface area contributed by atoms with Crippen LogP contribution in [0.2, 0.25) is 0 Å². The van der Waals surface area contributed by atoms with Crippen LogP contribution in [0.3, 0.4) is 0 Å². The Morgan fingerprint density at radius 2 is 1.24 bits per heavy atom. The molecule has 0 aliphatic rings. The van der Waals surface area contributed by atoms with Crippen molar-refractivity contribution in [2.24, 2.45) is 0 Å². The van der Waals surface area contributed by atoms with Gasteiger partial charge in [-0.3, -0.25) is 0 Å². The van der Waals surface area contributed by atoms with E-state index in [4.69, 9.17) is 5.73 Å². The van der Waals surface area contributed by atoms with Crippen molar-refractivity contribution in [2.45, 2.75) is 110 Å². The average molecular weight is 454 g/mol. The van der Waals surface area contributed by atoms with Crippen LogP contribution in [0.1, 0.15) is 115 Å². The molecular formula is C28H47N5. The number of nitrogens with zero attached hydrogens (tertiary/aromatic N) is 2. The number of aromatic nitrogens is 2. The Labute approximate surface area is 202 Å². The first kappa shape index (κ1) is 26.9. The van der Waals surface area contributed by atoms with Crippen molar-refractivity contribution in [3.8, 4) is 0 Å². The summed E-state index contributed by atoms with van der Waals surface area (Å²) in [7, 11) is 0. The van der Waals surface area contributed by atoms with Gasteiger partial charge < -0.3 is 16.4 Å². The maximum atomic E-state index is 6.32. The molecule has 0 amide bonds. The summed E-state index contributed by atoms with van der Waals surface area (Å²) >= 11 is 0. The number of anilines is 3. The fourth-order valence-corrected chi connectivity index (χ4v) is 4.21. The molecule has 1 aromatic heterocycles. The second kappa shape index (κ2) is 17.2. The molecule has 0 saturated carbocycles. The van der Waals surface area contributed by atoms with Crippen LogP contribution in [0.5, 0.6) is 0 Å². The molecule has 0 fully saturated rings. The minimum atomic E-state index is 0.127. The van der Waals surface area contributed by atoms with Gasteiger partial charge in [0.2, 0.25) is 0 Å². The summed E-state index contributed by atoms with van der Waals surface area (Å²) < 4.78 is 0. The zero-order valence-corrected chi connectivity index (χ0v) is 21.1. The molecular weight excluding hydrogens is 406 g/mol. The SMILES string of the molecule is CCCCCCCCCCCCCCCCNc1ncnc(NC(C)c2ccccc2)c1N. The molecule has 1 atom stereocenters. The highest BCUT2D eigenvalue weighted by Crippen LogP contribution is 2.26. The van der Waals surface area contributed by atoms with E-state index < -0.39 is 0 Å². The summed E-state index contributed by atoms with van der Waals surface area (Å²) in [6.07, 6.45) is 20.8. The van der Waals surface area contributed by atoms with Crippen molar-refractivity contribution >= 4 is 17.3 Å². The predicted octanol–water partition coefficient (Wildman–Crippen LogP) is 8.13. The number of nitrogens with two attached hydrogens (primary N) is 1. The van der Waals surface area contributed by atoms with E-state index in [-0.39, 0.29) is 6.04 Å². The monoisotopic (exact) mass is 453 g/mol. The molecule has 5 heteroatoms. The molecule has 184 valence electrons. The van der Waals surface area contributed by atoms with Crippen LogP contribution in [0.25, 0.3) is 0 Å². The Morgan fingerprint density at radius 3 is 1.82 bits per heavy atom. The van der Waals surface area contributed by atoms with E-state index in [1.54, 1.807) is 6.33 Å². The van der Waals surface area contributed by atoms with E-state index in [2.05, 4.69) is 46.6 Å². The van der Waals surface area contributed by atoms with Gasteiger partial charge in [0.1, 0.15) is 12.0 Å². The summed E-state index contributed by atoms with van der Waals surface area (Å²) in [5, 5.41) is 6.80. The normalized spacial score (nSPS) is 11.9. The molecule has 0 radical (unpaired) electrons. The van der Waals surface area contributed by atoms with Gasteiger partial charge in [-0.05, 0) is 18.9 Å². The van der Waals surface area contributed by atoms with Crippen LogP contribution in [-0.4, -0.2) is 16.5 Å². The number of hydrogen-bond donors (Lipinski definition) is 3. The molecule has 0 spiro atoms. The zero-order chi connectivity index (χ0) is 23.6. The van der Waals surface area contributed by atoms with Crippen LogP contribution in [0.15, 0.2) is 36.7 Å². The van der Waals surface area contributed by atoms with Gasteiger partial charge in [-0.1, -0.05) is 121 Å². The Balaban J connectivity index is 1.51. The standard InChI is InChI=1S/C28H47N5/c1-3-4-5-6-7-8-9-10-11-12-13-14-15-19-22-30-27-26(29)28(32-23-31-27)33-24(2)25-20-17-16-18-21-25/h16-18,20-21,23-24H,3-15,19,22,29H2,1-2H3,(H2,30,31,32,33). The highest BCUT2D eigenvalue weighted by molar-refractivity contribution is 5.74.